The maximum atomic E-state index is 12.1. The maximum Gasteiger partial charge on any atom is 0.257 e. The van der Waals surface area contributed by atoms with Gasteiger partial charge in [0.2, 0.25) is 0 Å². The molecule has 2 rings (SSSR count). The molecule has 1 amide bonds. The zero-order chi connectivity index (χ0) is 15.6. The third-order valence-corrected chi connectivity index (χ3v) is 3.98. The summed E-state index contributed by atoms with van der Waals surface area (Å²) in [5.41, 5.74) is 1.30. The molecular weight excluding hydrogens is 292 g/mol. The summed E-state index contributed by atoms with van der Waals surface area (Å²) >= 11 is 0. The molecule has 2 N–H and O–H groups in total. The average molecular weight is 306 g/mol. The predicted octanol–water partition coefficient (Wildman–Crippen LogP) is 1.75. The Morgan fingerprint density at radius 2 is 1.95 bits per heavy atom. The number of aryl methyl sites for hydroxylation is 1. The Balaban J connectivity index is 2.33. The van der Waals surface area contributed by atoms with E-state index in [2.05, 4.69) is 10.3 Å². The molecule has 2 aromatic rings. The van der Waals surface area contributed by atoms with Crippen LogP contribution in [0.5, 0.6) is 5.75 Å². The first kappa shape index (κ1) is 15.0. The first-order valence-electron chi connectivity index (χ1n) is 6.03. The fourth-order valence-electron chi connectivity index (χ4n) is 1.71. The number of pyridine rings is 1. The van der Waals surface area contributed by atoms with Crippen molar-refractivity contribution in [2.45, 2.75) is 11.8 Å². The van der Waals surface area contributed by atoms with Crippen LogP contribution in [-0.4, -0.2) is 30.7 Å². The third-order valence-electron chi connectivity index (χ3n) is 2.87. The van der Waals surface area contributed by atoms with Gasteiger partial charge in [0, 0.05) is 18.1 Å². The van der Waals surface area contributed by atoms with E-state index in [-0.39, 0.29) is 16.2 Å². The van der Waals surface area contributed by atoms with Gasteiger partial charge in [0.1, 0.15) is 5.75 Å². The number of aromatic hydroxyl groups is 1. The number of carbonyl (C=O) groups is 1. The monoisotopic (exact) mass is 306 g/mol. The van der Waals surface area contributed by atoms with Gasteiger partial charge in [0.25, 0.3) is 5.91 Å². The lowest BCUT2D eigenvalue weighted by molar-refractivity contribution is 0.102. The molecule has 1 heterocycles. The van der Waals surface area contributed by atoms with Gasteiger partial charge in [-0.15, -0.1) is 0 Å². The van der Waals surface area contributed by atoms with Gasteiger partial charge in [-0.05, 0) is 30.7 Å². The molecule has 21 heavy (non-hydrogen) atoms. The van der Waals surface area contributed by atoms with Gasteiger partial charge in [-0.3, -0.25) is 9.78 Å². The minimum Gasteiger partial charge on any atom is -0.506 e. The highest BCUT2D eigenvalue weighted by atomic mass is 32.2. The number of rotatable bonds is 3. The van der Waals surface area contributed by atoms with Gasteiger partial charge < -0.3 is 10.4 Å². The predicted molar refractivity (Wildman–Crippen MR) is 78.1 cm³/mol. The van der Waals surface area contributed by atoms with E-state index in [9.17, 15) is 18.3 Å². The Labute approximate surface area is 122 Å². The molecule has 0 saturated carbocycles. The molecule has 0 aliphatic rings. The summed E-state index contributed by atoms with van der Waals surface area (Å²) in [5.74, 6) is -0.601. The number of carbonyl (C=O) groups excluding carboxylic acids is 1. The maximum absolute atomic E-state index is 12.1. The molecule has 1 aromatic heterocycles. The molecule has 0 saturated heterocycles. The van der Waals surface area contributed by atoms with Crippen LogP contribution in [0.1, 0.15) is 15.9 Å². The minimum atomic E-state index is -3.35. The van der Waals surface area contributed by atoms with Crippen LogP contribution in [0.3, 0.4) is 0 Å². The molecule has 0 aliphatic carbocycles. The molecule has 0 radical (unpaired) electrons. The molecule has 6 nitrogen and oxygen atoms in total. The Morgan fingerprint density at radius 3 is 2.57 bits per heavy atom. The Hall–Kier alpha value is -2.41. The second kappa shape index (κ2) is 5.53. The molecule has 0 fully saturated rings. The van der Waals surface area contributed by atoms with Crippen LogP contribution < -0.4 is 5.32 Å². The summed E-state index contributed by atoms with van der Waals surface area (Å²) in [7, 11) is -3.35. The Bertz CT molecular complexity index is 800. The van der Waals surface area contributed by atoms with Crippen LogP contribution >= 0.6 is 0 Å². The van der Waals surface area contributed by atoms with Crippen molar-refractivity contribution in [3.63, 3.8) is 0 Å². The van der Waals surface area contributed by atoms with E-state index in [1.807, 2.05) is 0 Å². The number of sulfone groups is 1. The second-order valence-electron chi connectivity index (χ2n) is 4.63. The normalized spacial score (nSPS) is 11.1. The summed E-state index contributed by atoms with van der Waals surface area (Å²) in [4.78, 5) is 15.9. The summed E-state index contributed by atoms with van der Waals surface area (Å²) < 4.78 is 23.1. The topological polar surface area (TPSA) is 96.4 Å². The van der Waals surface area contributed by atoms with Crippen molar-refractivity contribution >= 4 is 21.4 Å². The highest BCUT2D eigenvalue weighted by Gasteiger charge is 2.13. The van der Waals surface area contributed by atoms with Gasteiger partial charge in [-0.25, -0.2) is 8.42 Å². The van der Waals surface area contributed by atoms with E-state index in [1.165, 1.54) is 30.6 Å². The molecule has 0 bridgehead atoms. The SMILES string of the molecule is Cc1ccc(S(C)(=O)=O)cc1NC(=O)c1cncc(O)c1. The standard InChI is InChI=1S/C14H14N2O4S/c1-9-3-4-12(21(2,19)20)6-13(9)16-14(18)10-5-11(17)8-15-7-10/h3-8,17H,1-2H3,(H,16,18). The fraction of sp³-hybridized carbons (Fsp3) is 0.143. The van der Waals surface area contributed by atoms with Crippen molar-refractivity contribution in [2.24, 2.45) is 0 Å². The van der Waals surface area contributed by atoms with Gasteiger partial charge >= 0.3 is 0 Å². The largest absolute Gasteiger partial charge is 0.506 e. The van der Waals surface area contributed by atoms with E-state index in [1.54, 1.807) is 13.0 Å². The van der Waals surface area contributed by atoms with Crippen molar-refractivity contribution in [3.05, 3.63) is 47.8 Å². The highest BCUT2D eigenvalue weighted by Crippen LogP contribution is 2.21. The zero-order valence-electron chi connectivity index (χ0n) is 11.5. The van der Waals surface area contributed by atoms with E-state index < -0.39 is 15.7 Å². The Morgan fingerprint density at radius 1 is 1.24 bits per heavy atom. The van der Waals surface area contributed by atoms with Gasteiger partial charge in [0.15, 0.2) is 9.84 Å². The zero-order valence-corrected chi connectivity index (χ0v) is 12.3. The van der Waals surface area contributed by atoms with Gasteiger partial charge in [-0.1, -0.05) is 6.07 Å². The first-order chi connectivity index (χ1) is 9.77. The van der Waals surface area contributed by atoms with E-state index in [0.29, 0.717) is 5.69 Å². The fourth-order valence-corrected chi connectivity index (χ4v) is 2.36. The van der Waals surface area contributed by atoms with Gasteiger partial charge in [-0.2, -0.15) is 0 Å². The third kappa shape index (κ3) is 3.57. The number of anilines is 1. The Kier molecular flexibility index (Phi) is 3.95. The molecule has 7 heteroatoms. The number of nitrogens with zero attached hydrogens (tertiary/aromatic N) is 1. The molecule has 0 spiro atoms. The van der Waals surface area contributed by atoms with Crippen molar-refractivity contribution < 1.29 is 18.3 Å². The number of aromatic nitrogens is 1. The van der Waals surface area contributed by atoms with Crippen LogP contribution in [0.4, 0.5) is 5.69 Å². The van der Waals surface area contributed by atoms with Crippen LogP contribution in [0, 0.1) is 6.92 Å². The number of hydrogen-bond donors (Lipinski definition) is 2. The average Bonchev–Trinajstić information content (AvgIpc) is 2.40. The smallest absolute Gasteiger partial charge is 0.257 e. The number of amides is 1. The molecule has 0 atom stereocenters. The first-order valence-corrected chi connectivity index (χ1v) is 7.92. The molecule has 0 aliphatic heterocycles. The van der Waals surface area contributed by atoms with E-state index in [4.69, 9.17) is 0 Å². The van der Waals surface area contributed by atoms with Crippen molar-refractivity contribution in [1.82, 2.24) is 4.98 Å². The van der Waals surface area contributed by atoms with Crippen molar-refractivity contribution in [1.29, 1.82) is 0 Å². The lowest BCUT2D eigenvalue weighted by atomic mass is 10.2. The lowest BCUT2D eigenvalue weighted by Gasteiger charge is -2.10. The number of nitrogens with one attached hydrogen (secondary N) is 1. The van der Waals surface area contributed by atoms with Crippen LogP contribution in [0.15, 0.2) is 41.6 Å². The van der Waals surface area contributed by atoms with Gasteiger partial charge in [0.05, 0.1) is 16.7 Å². The summed E-state index contributed by atoms with van der Waals surface area (Å²) in [6.45, 7) is 1.75. The quantitative estimate of drug-likeness (QED) is 0.900. The van der Waals surface area contributed by atoms with Crippen LogP contribution in [0.25, 0.3) is 0 Å². The van der Waals surface area contributed by atoms with E-state index >= 15 is 0 Å². The highest BCUT2D eigenvalue weighted by molar-refractivity contribution is 7.90. The summed E-state index contributed by atoms with van der Waals surface area (Å²) in [5, 5.41) is 11.9. The van der Waals surface area contributed by atoms with Crippen LogP contribution in [0.2, 0.25) is 0 Å². The molecular formula is C14H14N2O4S. The molecule has 110 valence electrons. The minimum absolute atomic E-state index is 0.121. The number of hydrogen-bond acceptors (Lipinski definition) is 5. The van der Waals surface area contributed by atoms with Crippen molar-refractivity contribution in [2.75, 3.05) is 11.6 Å². The summed E-state index contributed by atoms with van der Waals surface area (Å²) in [6, 6.07) is 5.78. The summed E-state index contributed by atoms with van der Waals surface area (Å²) in [6.07, 6.45) is 3.62. The lowest BCUT2D eigenvalue weighted by Crippen LogP contribution is -2.13. The van der Waals surface area contributed by atoms with Crippen LogP contribution in [-0.2, 0) is 9.84 Å². The molecule has 0 unspecified atom stereocenters. The van der Waals surface area contributed by atoms with E-state index in [0.717, 1.165) is 11.8 Å². The second-order valence-corrected chi connectivity index (χ2v) is 6.65. The number of benzene rings is 1. The van der Waals surface area contributed by atoms with Crippen molar-refractivity contribution in [3.8, 4) is 5.75 Å². The molecule has 1 aromatic carbocycles.